The Morgan fingerprint density at radius 1 is 1.08 bits per heavy atom. The molecule has 0 saturated heterocycles. The Balaban J connectivity index is 2.12. The second-order valence-electron chi connectivity index (χ2n) is 6.77. The Kier molecular flexibility index (Phi) is 3.52. The molecule has 1 aromatic carbocycles. The van der Waals surface area contributed by atoms with Crippen molar-refractivity contribution >= 4 is 36.1 Å². The third kappa shape index (κ3) is 2.12. The van der Waals surface area contributed by atoms with Crippen LogP contribution in [0.5, 0.6) is 0 Å². The van der Waals surface area contributed by atoms with Gasteiger partial charge in [0, 0.05) is 0 Å². The molecule has 3 heterocycles. The third-order valence-corrected chi connectivity index (χ3v) is 6.58. The number of aromatic nitrogens is 1. The Morgan fingerprint density at radius 3 is 2.58 bits per heavy atom. The van der Waals surface area contributed by atoms with Crippen LogP contribution in [0, 0.1) is 0 Å². The molecule has 0 unspecified atom stereocenters. The van der Waals surface area contributed by atoms with E-state index in [0.29, 0.717) is 14.5 Å². The summed E-state index contributed by atoms with van der Waals surface area (Å²) in [6, 6.07) is 15.2. The van der Waals surface area contributed by atoms with Crippen LogP contribution in [-0.2, 0) is 5.41 Å². The van der Waals surface area contributed by atoms with E-state index in [-0.39, 0.29) is 5.41 Å². The van der Waals surface area contributed by atoms with Crippen LogP contribution in [-0.4, -0.2) is 19.5 Å². The zero-order valence-corrected chi connectivity index (χ0v) is 15.9. The number of benzene rings is 1. The monoisotopic (exact) mass is 380 g/mol. The van der Waals surface area contributed by atoms with Crippen molar-refractivity contribution in [3.05, 3.63) is 76.9 Å². The second kappa shape index (κ2) is 5.47. The van der Waals surface area contributed by atoms with E-state index in [1.54, 1.807) is 0 Å². The quantitative estimate of drug-likeness (QED) is 0.563. The minimum atomic E-state index is -0.0829. The second-order valence-corrected chi connectivity index (χ2v) is 8.71. The summed E-state index contributed by atoms with van der Waals surface area (Å²) >= 11 is 0.329. The van der Waals surface area contributed by atoms with Gasteiger partial charge in [0.1, 0.15) is 0 Å². The summed E-state index contributed by atoms with van der Waals surface area (Å²) in [5, 5.41) is 0. The molecular formula is C21H20N2Se. The van der Waals surface area contributed by atoms with E-state index in [1.165, 1.54) is 26.9 Å². The van der Waals surface area contributed by atoms with Gasteiger partial charge in [0.15, 0.2) is 0 Å². The molecule has 0 spiro atoms. The zero-order valence-electron chi connectivity index (χ0n) is 14.2. The van der Waals surface area contributed by atoms with Crippen molar-refractivity contribution in [2.45, 2.75) is 26.2 Å². The van der Waals surface area contributed by atoms with Gasteiger partial charge in [-0.3, -0.25) is 0 Å². The van der Waals surface area contributed by atoms with Gasteiger partial charge >= 0.3 is 149 Å². The standard InChI is InChI=1S/C21H20N2Se/c1-14(2)15-8-5-9-16-19(15)23(18-11-7-13-24-18)20-17(21(16,3)4)10-6-12-22-20/h5-13H,1H2,2-4H3. The van der Waals surface area contributed by atoms with Crippen LogP contribution < -0.4 is 4.90 Å². The number of allylic oxidation sites excluding steroid dienone is 1. The van der Waals surface area contributed by atoms with Crippen molar-refractivity contribution in [3.63, 3.8) is 0 Å². The van der Waals surface area contributed by atoms with Crippen LogP contribution in [0.2, 0.25) is 0 Å². The molecule has 0 aliphatic carbocycles. The molecule has 120 valence electrons. The number of para-hydroxylation sites is 1. The van der Waals surface area contributed by atoms with Crippen LogP contribution in [0.25, 0.3) is 5.57 Å². The SMILES string of the molecule is C=C(C)c1cccc2c1N(c1ccc[se]1)c1ncccc1C2(C)C. The molecule has 0 N–H and O–H groups in total. The summed E-state index contributed by atoms with van der Waals surface area (Å²) in [4.78, 5) is 9.40. The Morgan fingerprint density at radius 2 is 1.88 bits per heavy atom. The molecule has 0 bridgehead atoms. The summed E-state index contributed by atoms with van der Waals surface area (Å²) in [6.07, 6.45) is 1.90. The Labute approximate surface area is 149 Å². The third-order valence-electron chi connectivity index (χ3n) is 4.79. The van der Waals surface area contributed by atoms with Gasteiger partial charge in [-0.2, -0.15) is 0 Å². The molecule has 24 heavy (non-hydrogen) atoms. The van der Waals surface area contributed by atoms with Gasteiger partial charge in [-0.25, -0.2) is 0 Å². The van der Waals surface area contributed by atoms with Gasteiger partial charge in [-0.1, -0.05) is 0 Å². The Bertz CT molecular complexity index is 923. The van der Waals surface area contributed by atoms with Gasteiger partial charge < -0.3 is 0 Å². The fourth-order valence-electron chi connectivity index (χ4n) is 3.56. The van der Waals surface area contributed by atoms with Crippen molar-refractivity contribution in [1.29, 1.82) is 0 Å². The first kappa shape index (κ1) is 15.4. The summed E-state index contributed by atoms with van der Waals surface area (Å²) in [5.41, 5.74) is 6.08. The van der Waals surface area contributed by atoms with Crippen LogP contribution >= 0.6 is 0 Å². The normalized spacial score (nSPS) is 14.9. The van der Waals surface area contributed by atoms with E-state index >= 15 is 0 Å². The molecule has 3 heteroatoms. The van der Waals surface area contributed by atoms with E-state index in [4.69, 9.17) is 4.98 Å². The maximum atomic E-state index is 4.78. The molecule has 3 aromatic rings. The summed E-state index contributed by atoms with van der Waals surface area (Å²) in [6.45, 7) is 10.9. The number of fused-ring (bicyclic) bond motifs is 2. The van der Waals surface area contributed by atoms with E-state index in [9.17, 15) is 0 Å². The molecule has 2 aromatic heterocycles. The minimum absolute atomic E-state index is 0.0829. The molecule has 0 radical (unpaired) electrons. The molecule has 0 amide bonds. The molecule has 0 saturated carbocycles. The van der Waals surface area contributed by atoms with Crippen molar-refractivity contribution in [2.75, 3.05) is 4.90 Å². The first-order valence-corrected chi connectivity index (χ1v) is 9.95. The Hall–Kier alpha value is -2.09. The van der Waals surface area contributed by atoms with Crippen LogP contribution in [0.4, 0.5) is 16.1 Å². The zero-order chi connectivity index (χ0) is 16.9. The van der Waals surface area contributed by atoms with Crippen LogP contribution in [0.3, 0.4) is 0 Å². The summed E-state index contributed by atoms with van der Waals surface area (Å²) in [5.74, 6) is 1.06. The fraction of sp³-hybridized carbons (Fsp3) is 0.190. The van der Waals surface area contributed by atoms with Gasteiger partial charge in [-0.05, 0) is 0 Å². The topological polar surface area (TPSA) is 16.1 Å². The van der Waals surface area contributed by atoms with Gasteiger partial charge in [0.2, 0.25) is 0 Å². The van der Waals surface area contributed by atoms with Crippen molar-refractivity contribution < 1.29 is 0 Å². The first-order valence-electron chi connectivity index (χ1n) is 8.10. The fourth-order valence-corrected chi connectivity index (χ4v) is 5.10. The number of rotatable bonds is 2. The number of hydrogen-bond donors (Lipinski definition) is 0. The van der Waals surface area contributed by atoms with Crippen molar-refractivity contribution in [1.82, 2.24) is 4.98 Å². The molecule has 0 atom stereocenters. The number of hydrogen-bond acceptors (Lipinski definition) is 2. The number of nitrogens with zero attached hydrogens (tertiary/aromatic N) is 2. The molecule has 4 rings (SSSR count). The van der Waals surface area contributed by atoms with Crippen LogP contribution in [0.15, 0.2) is 60.2 Å². The maximum absolute atomic E-state index is 4.78. The van der Waals surface area contributed by atoms with Crippen molar-refractivity contribution in [2.24, 2.45) is 0 Å². The van der Waals surface area contributed by atoms with E-state index in [0.717, 1.165) is 11.4 Å². The van der Waals surface area contributed by atoms with E-state index in [1.807, 2.05) is 12.3 Å². The predicted octanol–water partition coefficient (Wildman–Crippen LogP) is 5.28. The summed E-state index contributed by atoms with van der Waals surface area (Å²) < 4.78 is 1.33. The first-order chi connectivity index (χ1) is 11.5. The van der Waals surface area contributed by atoms with Gasteiger partial charge in [0.25, 0.3) is 0 Å². The van der Waals surface area contributed by atoms with Gasteiger partial charge in [0.05, 0.1) is 0 Å². The average Bonchev–Trinajstić information content (AvgIpc) is 3.09. The average molecular weight is 379 g/mol. The van der Waals surface area contributed by atoms with E-state index in [2.05, 4.69) is 73.6 Å². The molecule has 2 nitrogen and oxygen atoms in total. The van der Waals surface area contributed by atoms with Crippen LogP contribution in [0.1, 0.15) is 37.5 Å². The predicted molar refractivity (Wildman–Crippen MR) is 103 cm³/mol. The molecule has 1 aliphatic heterocycles. The number of anilines is 3. The molecular weight excluding hydrogens is 359 g/mol. The molecule has 0 fully saturated rings. The van der Waals surface area contributed by atoms with E-state index < -0.39 is 0 Å². The summed E-state index contributed by atoms with van der Waals surface area (Å²) in [7, 11) is 0. The van der Waals surface area contributed by atoms with Gasteiger partial charge in [-0.15, -0.1) is 0 Å². The number of pyridine rings is 1. The van der Waals surface area contributed by atoms with Crippen molar-refractivity contribution in [3.8, 4) is 0 Å². The molecule has 1 aliphatic rings.